The van der Waals surface area contributed by atoms with Gasteiger partial charge in [-0.3, -0.25) is 4.79 Å². The van der Waals surface area contributed by atoms with Crippen molar-refractivity contribution >= 4 is 17.5 Å². The summed E-state index contributed by atoms with van der Waals surface area (Å²) in [4.78, 5) is 15.1. The molecule has 0 aliphatic carbocycles. The van der Waals surface area contributed by atoms with Crippen LogP contribution in [0, 0.1) is 17.2 Å². The number of nitriles is 1. The molecule has 2 aliphatic rings. The van der Waals surface area contributed by atoms with Crippen LogP contribution < -0.4 is 4.90 Å². The fraction of sp³-hybridized carbons (Fsp3) is 0.200. The molecule has 0 spiro atoms. The lowest BCUT2D eigenvalue weighted by Crippen LogP contribution is -2.42. The number of Topliss-reactive ketones (excluding diaryl/α,β-unsaturated/α-hetero) is 1. The molecule has 0 saturated carbocycles. The standard InChI is InChI=1S/C20H16N2O/c21-13-16-12-19(20(23)15-7-2-1-3-8-15)22-17-9-5-4-6-14(17)10-11-18(16)22/h1-11,16,18-19H,12H2/t16-,18-,19-/m0/s1. The van der Waals surface area contributed by atoms with Crippen LogP contribution in [0.1, 0.15) is 22.3 Å². The summed E-state index contributed by atoms with van der Waals surface area (Å²) in [5.74, 6) is -0.0595. The zero-order chi connectivity index (χ0) is 15.8. The third-order valence-electron chi connectivity index (χ3n) is 4.76. The molecule has 1 fully saturated rings. The summed E-state index contributed by atoms with van der Waals surface area (Å²) in [6.07, 6.45) is 4.71. The Labute approximate surface area is 135 Å². The van der Waals surface area contributed by atoms with Crippen molar-refractivity contribution in [2.75, 3.05) is 4.90 Å². The van der Waals surface area contributed by atoms with Gasteiger partial charge in [-0.2, -0.15) is 5.26 Å². The predicted molar refractivity (Wildman–Crippen MR) is 90.0 cm³/mol. The van der Waals surface area contributed by atoms with Crippen molar-refractivity contribution in [3.8, 4) is 6.07 Å². The molecule has 0 radical (unpaired) electrons. The number of para-hydroxylation sites is 1. The van der Waals surface area contributed by atoms with Crippen LogP contribution in [0.2, 0.25) is 0 Å². The summed E-state index contributed by atoms with van der Waals surface area (Å²) >= 11 is 0. The Morgan fingerprint density at radius 3 is 2.61 bits per heavy atom. The van der Waals surface area contributed by atoms with Gasteiger partial charge in [-0.15, -0.1) is 0 Å². The Kier molecular flexibility index (Phi) is 3.24. The van der Waals surface area contributed by atoms with E-state index in [1.165, 1.54) is 0 Å². The van der Waals surface area contributed by atoms with Crippen molar-refractivity contribution in [1.29, 1.82) is 5.26 Å². The Morgan fingerprint density at radius 1 is 1.09 bits per heavy atom. The molecule has 0 aromatic heterocycles. The second-order valence-corrected chi connectivity index (χ2v) is 6.03. The van der Waals surface area contributed by atoms with Crippen molar-refractivity contribution in [2.45, 2.75) is 18.5 Å². The minimum atomic E-state index is -0.279. The predicted octanol–water partition coefficient (Wildman–Crippen LogP) is 3.68. The van der Waals surface area contributed by atoms with Crippen LogP contribution in [0.25, 0.3) is 6.08 Å². The van der Waals surface area contributed by atoms with E-state index in [4.69, 9.17) is 0 Å². The monoisotopic (exact) mass is 300 g/mol. The Morgan fingerprint density at radius 2 is 1.83 bits per heavy atom. The quantitative estimate of drug-likeness (QED) is 0.795. The summed E-state index contributed by atoms with van der Waals surface area (Å²) in [5, 5.41) is 9.50. The maximum Gasteiger partial charge on any atom is 0.185 e. The maximum atomic E-state index is 13.0. The molecule has 3 nitrogen and oxygen atoms in total. The van der Waals surface area contributed by atoms with Crippen molar-refractivity contribution in [3.63, 3.8) is 0 Å². The first kappa shape index (κ1) is 13.8. The lowest BCUT2D eigenvalue weighted by molar-refractivity contribution is 0.0961. The summed E-state index contributed by atoms with van der Waals surface area (Å²) in [5.41, 5.74) is 2.86. The molecule has 0 N–H and O–H groups in total. The van der Waals surface area contributed by atoms with Gasteiger partial charge < -0.3 is 4.90 Å². The number of carbonyl (C=O) groups is 1. The summed E-state index contributed by atoms with van der Waals surface area (Å²) in [6, 6.07) is 19.5. The molecule has 3 heteroatoms. The van der Waals surface area contributed by atoms with E-state index in [2.05, 4.69) is 23.1 Å². The number of benzene rings is 2. The Balaban J connectivity index is 1.78. The van der Waals surface area contributed by atoms with Gasteiger partial charge in [0.2, 0.25) is 0 Å². The minimum Gasteiger partial charge on any atom is -0.353 e. The van der Waals surface area contributed by atoms with Crippen LogP contribution in [-0.2, 0) is 0 Å². The molecule has 4 rings (SSSR count). The van der Waals surface area contributed by atoms with Crippen LogP contribution in [-0.4, -0.2) is 17.9 Å². The highest BCUT2D eigenvalue weighted by molar-refractivity contribution is 6.03. The van der Waals surface area contributed by atoms with E-state index >= 15 is 0 Å². The van der Waals surface area contributed by atoms with Crippen LogP contribution >= 0.6 is 0 Å². The lowest BCUT2D eigenvalue weighted by atomic mass is 9.96. The normalized spacial score (nSPS) is 24.7. The molecule has 2 heterocycles. The number of fused-ring (bicyclic) bond motifs is 3. The molecule has 0 amide bonds. The molecular weight excluding hydrogens is 284 g/mol. The van der Waals surface area contributed by atoms with Gasteiger partial charge >= 0.3 is 0 Å². The van der Waals surface area contributed by atoms with Gasteiger partial charge in [0.25, 0.3) is 0 Å². The van der Waals surface area contributed by atoms with E-state index in [1.54, 1.807) is 0 Å². The average molecular weight is 300 g/mol. The third-order valence-corrected chi connectivity index (χ3v) is 4.76. The molecule has 23 heavy (non-hydrogen) atoms. The van der Waals surface area contributed by atoms with Gasteiger partial charge in [0.1, 0.15) is 0 Å². The smallest absolute Gasteiger partial charge is 0.185 e. The van der Waals surface area contributed by atoms with Crippen LogP contribution in [0.15, 0.2) is 60.7 Å². The number of anilines is 1. The second kappa shape index (κ2) is 5.40. The summed E-state index contributed by atoms with van der Waals surface area (Å²) < 4.78 is 0. The van der Waals surface area contributed by atoms with E-state index in [0.29, 0.717) is 12.0 Å². The number of rotatable bonds is 2. The zero-order valence-corrected chi connectivity index (χ0v) is 12.6. The third kappa shape index (κ3) is 2.15. The van der Waals surface area contributed by atoms with Crippen LogP contribution in [0.3, 0.4) is 0 Å². The lowest BCUT2D eigenvalue weighted by Gasteiger charge is -2.34. The number of carbonyl (C=O) groups excluding carboxylic acids is 1. The summed E-state index contributed by atoms with van der Waals surface area (Å²) in [7, 11) is 0. The zero-order valence-electron chi connectivity index (χ0n) is 12.6. The van der Waals surface area contributed by atoms with Gasteiger partial charge in [-0.25, -0.2) is 0 Å². The first-order valence-corrected chi connectivity index (χ1v) is 7.84. The van der Waals surface area contributed by atoms with Crippen molar-refractivity contribution in [2.24, 2.45) is 5.92 Å². The molecule has 112 valence electrons. The van der Waals surface area contributed by atoms with Crippen molar-refractivity contribution in [3.05, 3.63) is 71.8 Å². The SMILES string of the molecule is N#C[C@@H]1C[C@@H](C(=O)c2ccccc2)N2c3ccccc3C=C[C@@H]12. The van der Waals surface area contributed by atoms with Gasteiger partial charge in [-0.1, -0.05) is 60.7 Å². The molecule has 1 saturated heterocycles. The highest BCUT2D eigenvalue weighted by Crippen LogP contribution is 2.41. The Bertz CT molecular complexity index is 819. The first-order chi connectivity index (χ1) is 11.3. The van der Waals surface area contributed by atoms with Gasteiger partial charge in [0.15, 0.2) is 5.78 Å². The minimum absolute atomic E-state index is 0.0208. The molecule has 0 bridgehead atoms. The van der Waals surface area contributed by atoms with E-state index in [-0.39, 0.29) is 23.8 Å². The highest BCUT2D eigenvalue weighted by Gasteiger charge is 2.45. The average Bonchev–Trinajstić information content (AvgIpc) is 3.01. The van der Waals surface area contributed by atoms with E-state index in [1.807, 2.05) is 54.6 Å². The Hall–Kier alpha value is -2.86. The fourth-order valence-electron chi connectivity index (χ4n) is 3.67. The van der Waals surface area contributed by atoms with Crippen LogP contribution in [0.4, 0.5) is 5.69 Å². The van der Waals surface area contributed by atoms with E-state index in [0.717, 1.165) is 11.3 Å². The van der Waals surface area contributed by atoms with Crippen LogP contribution in [0.5, 0.6) is 0 Å². The number of hydrogen-bond acceptors (Lipinski definition) is 3. The molecule has 2 aliphatic heterocycles. The van der Waals surface area contributed by atoms with Crippen molar-refractivity contribution < 1.29 is 4.79 Å². The van der Waals surface area contributed by atoms with E-state index < -0.39 is 0 Å². The first-order valence-electron chi connectivity index (χ1n) is 7.84. The largest absolute Gasteiger partial charge is 0.353 e. The molecular formula is C20H16N2O. The molecule has 2 aromatic rings. The molecule has 2 aromatic carbocycles. The van der Waals surface area contributed by atoms with Gasteiger partial charge in [-0.05, 0) is 18.1 Å². The maximum absolute atomic E-state index is 13.0. The van der Waals surface area contributed by atoms with Gasteiger partial charge in [0.05, 0.1) is 24.1 Å². The van der Waals surface area contributed by atoms with E-state index in [9.17, 15) is 10.1 Å². The number of hydrogen-bond donors (Lipinski definition) is 0. The van der Waals surface area contributed by atoms with Gasteiger partial charge in [0, 0.05) is 11.3 Å². The topological polar surface area (TPSA) is 44.1 Å². The second-order valence-electron chi connectivity index (χ2n) is 6.03. The van der Waals surface area contributed by atoms with Crippen molar-refractivity contribution in [1.82, 2.24) is 0 Å². The highest BCUT2D eigenvalue weighted by atomic mass is 16.1. The number of ketones is 1. The number of nitrogens with zero attached hydrogens (tertiary/aromatic N) is 2. The summed E-state index contributed by atoms with van der Waals surface area (Å²) in [6.45, 7) is 0. The molecule has 0 unspecified atom stereocenters. The molecule has 3 atom stereocenters. The fourth-order valence-corrected chi connectivity index (χ4v) is 3.67.